The van der Waals surface area contributed by atoms with Crippen molar-refractivity contribution in [1.82, 2.24) is 0 Å². The molecule has 0 aromatic heterocycles. The zero-order valence-electron chi connectivity index (χ0n) is 13.9. The van der Waals surface area contributed by atoms with Crippen LogP contribution in [-0.4, -0.2) is 49.0 Å². The van der Waals surface area contributed by atoms with Gasteiger partial charge in [0.2, 0.25) is 5.78 Å². The highest BCUT2D eigenvalue weighted by Crippen LogP contribution is 2.36. The number of carbonyl (C=O) groups excluding carboxylic acids is 2. The fourth-order valence-corrected chi connectivity index (χ4v) is 2.70. The van der Waals surface area contributed by atoms with Crippen LogP contribution >= 0.6 is 0 Å². The summed E-state index contributed by atoms with van der Waals surface area (Å²) in [4.78, 5) is 47.2. The van der Waals surface area contributed by atoms with Gasteiger partial charge >= 0.3 is 11.9 Å². The number of rotatable bonds is 6. The number of carbonyl (C=O) groups is 4. The maximum atomic E-state index is 12.8. The molecule has 2 rings (SSSR count). The van der Waals surface area contributed by atoms with Crippen molar-refractivity contribution >= 4 is 23.5 Å². The third-order valence-electron chi connectivity index (χ3n) is 3.78. The van der Waals surface area contributed by atoms with Crippen LogP contribution in [0.2, 0.25) is 0 Å². The van der Waals surface area contributed by atoms with Crippen molar-refractivity contribution in [1.29, 1.82) is 0 Å². The van der Waals surface area contributed by atoms with Crippen molar-refractivity contribution in [2.24, 2.45) is 0 Å². The molecule has 27 heavy (non-hydrogen) atoms. The highest BCUT2D eigenvalue weighted by molar-refractivity contribution is 6.20. The highest BCUT2D eigenvalue weighted by atomic mass is 16.4. The van der Waals surface area contributed by atoms with E-state index in [-0.39, 0.29) is 5.56 Å². The second-order valence-corrected chi connectivity index (χ2v) is 5.61. The number of hydrogen-bond donors (Lipinski definition) is 5. The maximum absolute atomic E-state index is 12.8. The van der Waals surface area contributed by atoms with E-state index in [0.29, 0.717) is 0 Å². The maximum Gasteiger partial charge on any atom is 0.336 e. The van der Waals surface area contributed by atoms with Crippen molar-refractivity contribution in [3.63, 3.8) is 0 Å². The molecular formula is C18H14O9. The van der Waals surface area contributed by atoms with Crippen molar-refractivity contribution < 1.29 is 44.7 Å². The van der Waals surface area contributed by atoms with Crippen LogP contribution in [-0.2, 0) is 11.2 Å². The van der Waals surface area contributed by atoms with Gasteiger partial charge in [-0.2, -0.15) is 0 Å². The van der Waals surface area contributed by atoms with Gasteiger partial charge in [0, 0.05) is 0 Å². The van der Waals surface area contributed by atoms with Gasteiger partial charge < -0.3 is 25.5 Å². The minimum absolute atomic E-state index is 0.289. The van der Waals surface area contributed by atoms with Gasteiger partial charge in [0.25, 0.3) is 0 Å². The van der Waals surface area contributed by atoms with E-state index in [1.165, 1.54) is 6.07 Å². The number of aromatic carboxylic acids is 1. The number of carboxylic acid groups (broad SMARTS) is 2. The average Bonchev–Trinajstić information content (AvgIpc) is 2.52. The molecule has 2 aromatic carbocycles. The Labute approximate surface area is 151 Å². The Balaban J connectivity index is 2.88. The Bertz CT molecular complexity index is 969. The second-order valence-electron chi connectivity index (χ2n) is 5.61. The number of carboxylic acids is 2. The Morgan fingerprint density at radius 2 is 1.44 bits per heavy atom. The molecule has 0 saturated carbocycles. The fourth-order valence-electron chi connectivity index (χ4n) is 2.70. The summed E-state index contributed by atoms with van der Waals surface area (Å²) in [6, 6.07) is 4.16. The zero-order valence-corrected chi connectivity index (χ0v) is 13.9. The van der Waals surface area contributed by atoms with Gasteiger partial charge in [-0.1, -0.05) is 6.07 Å². The lowest BCUT2D eigenvalue weighted by Crippen LogP contribution is -2.16. The van der Waals surface area contributed by atoms with Crippen molar-refractivity contribution in [3.05, 3.63) is 52.1 Å². The third-order valence-corrected chi connectivity index (χ3v) is 3.78. The molecule has 0 radical (unpaired) electrons. The van der Waals surface area contributed by atoms with E-state index in [4.69, 9.17) is 5.11 Å². The SMILES string of the molecule is CC(=O)c1c(CC(=O)O)cc(C(=O)O)c(C(=O)c2c(O)cccc2O)c1O. The summed E-state index contributed by atoms with van der Waals surface area (Å²) in [7, 11) is 0. The van der Waals surface area contributed by atoms with Crippen LogP contribution in [0.3, 0.4) is 0 Å². The molecule has 0 atom stereocenters. The molecule has 0 bridgehead atoms. The molecule has 0 fully saturated rings. The van der Waals surface area contributed by atoms with E-state index in [9.17, 15) is 39.6 Å². The van der Waals surface area contributed by atoms with Gasteiger partial charge in [0.1, 0.15) is 22.8 Å². The molecule has 2 aromatic rings. The number of phenolic OH excluding ortho intramolecular Hbond substituents is 3. The lowest BCUT2D eigenvalue weighted by atomic mass is 9.89. The van der Waals surface area contributed by atoms with Gasteiger partial charge in [-0.25, -0.2) is 4.79 Å². The zero-order chi connectivity index (χ0) is 20.5. The molecule has 0 heterocycles. The molecule has 9 heteroatoms. The molecule has 0 saturated heterocycles. The summed E-state index contributed by atoms with van der Waals surface area (Å²) >= 11 is 0. The summed E-state index contributed by atoms with van der Waals surface area (Å²) in [6.45, 7) is 1.01. The molecule has 0 spiro atoms. The number of benzene rings is 2. The van der Waals surface area contributed by atoms with Gasteiger partial charge in [-0.05, 0) is 30.7 Å². The summed E-state index contributed by atoms with van der Waals surface area (Å²) in [5.41, 5.74) is -3.11. The Hall–Kier alpha value is -3.88. The van der Waals surface area contributed by atoms with Crippen LogP contribution in [0.15, 0.2) is 24.3 Å². The fraction of sp³-hybridized carbons (Fsp3) is 0.111. The standard InChI is InChI=1S/C18H14O9/c1-7(19)13-8(6-12(22)23)5-9(18(26)27)14(16(13)24)17(25)15-10(20)3-2-4-11(15)21/h2-5,20-21,24H,6H2,1H3,(H,22,23)(H,26,27). The first kappa shape index (κ1) is 19.4. The molecule has 9 nitrogen and oxygen atoms in total. The van der Waals surface area contributed by atoms with Gasteiger partial charge in [0.05, 0.1) is 23.1 Å². The van der Waals surface area contributed by atoms with Crippen LogP contribution in [0.1, 0.15) is 49.1 Å². The van der Waals surface area contributed by atoms with Crippen molar-refractivity contribution in [2.45, 2.75) is 13.3 Å². The predicted molar refractivity (Wildman–Crippen MR) is 89.6 cm³/mol. The Morgan fingerprint density at radius 3 is 1.89 bits per heavy atom. The lowest BCUT2D eigenvalue weighted by molar-refractivity contribution is -0.136. The molecule has 0 aliphatic heterocycles. The molecule has 0 aliphatic carbocycles. The summed E-state index contributed by atoms with van der Waals surface area (Å²) < 4.78 is 0. The quantitative estimate of drug-likeness (QED) is 0.471. The highest BCUT2D eigenvalue weighted by Gasteiger charge is 2.31. The smallest absolute Gasteiger partial charge is 0.336 e. The second kappa shape index (κ2) is 7.16. The predicted octanol–water partition coefficient (Wildman–Crippen LogP) is 1.56. The molecule has 0 aliphatic rings. The van der Waals surface area contributed by atoms with Gasteiger partial charge in [-0.15, -0.1) is 0 Å². The minimum atomic E-state index is -1.68. The number of aliphatic carboxylic acids is 1. The van der Waals surface area contributed by atoms with E-state index in [1.807, 2.05) is 0 Å². The monoisotopic (exact) mass is 374 g/mol. The molecule has 0 unspecified atom stereocenters. The summed E-state index contributed by atoms with van der Waals surface area (Å²) in [6.07, 6.45) is -0.765. The number of Topliss-reactive ketones (excluding diaryl/α,β-unsaturated/α-hetero) is 1. The van der Waals surface area contributed by atoms with Gasteiger partial charge in [0.15, 0.2) is 5.78 Å². The van der Waals surface area contributed by atoms with Crippen molar-refractivity contribution in [2.75, 3.05) is 0 Å². The van der Waals surface area contributed by atoms with E-state index >= 15 is 0 Å². The van der Waals surface area contributed by atoms with Crippen LogP contribution < -0.4 is 0 Å². The lowest BCUT2D eigenvalue weighted by Gasteiger charge is -2.15. The first-order valence-corrected chi connectivity index (χ1v) is 7.46. The van der Waals surface area contributed by atoms with E-state index in [2.05, 4.69) is 0 Å². The average molecular weight is 374 g/mol. The number of hydrogen-bond acceptors (Lipinski definition) is 7. The first-order valence-electron chi connectivity index (χ1n) is 7.46. The van der Waals surface area contributed by atoms with E-state index in [0.717, 1.165) is 25.1 Å². The number of phenols is 3. The normalized spacial score (nSPS) is 10.4. The Morgan fingerprint density at radius 1 is 0.889 bits per heavy atom. The van der Waals surface area contributed by atoms with Crippen LogP contribution in [0.5, 0.6) is 17.2 Å². The minimum Gasteiger partial charge on any atom is -0.507 e. The summed E-state index contributed by atoms with van der Waals surface area (Å²) in [5.74, 6) is -7.48. The Kier molecular flexibility index (Phi) is 5.16. The number of ketones is 2. The molecular weight excluding hydrogens is 360 g/mol. The topological polar surface area (TPSA) is 169 Å². The number of aromatic hydroxyl groups is 3. The molecule has 5 N–H and O–H groups in total. The van der Waals surface area contributed by atoms with E-state index in [1.54, 1.807) is 0 Å². The van der Waals surface area contributed by atoms with E-state index < -0.39 is 69.4 Å². The first-order chi connectivity index (χ1) is 12.6. The van der Waals surface area contributed by atoms with Crippen LogP contribution in [0.4, 0.5) is 0 Å². The summed E-state index contributed by atoms with van der Waals surface area (Å²) in [5, 5.41) is 48.5. The van der Waals surface area contributed by atoms with Crippen molar-refractivity contribution in [3.8, 4) is 17.2 Å². The third kappa shape index (κ3) is 3.56. The van der Waals surface area contributed by atoms with Crippen LogP contribution in [0, 0.1) is 0 Å². The molecule has 0 amide bonds. The van der Waals surface area contributed by atoms with Gasteiger partial charge in [-0.3, -0.25) is 14.4 Å². The van der Waals surface area contributed by atoms with Crippen LogP contribution in [0.25, 0.3) is 0 Å². The largest absolute Gasteiger partial charge is 0.507 e. The molecule has 140 valence electrons.